The Kier molecular flexibility index (Phi) is 5.99. The number of amides is 2. The average Bonchev–Trinajstić information content (AvgIpc) is 3.43. The van der Waals surface area contributed by atoms with Gasteiger partial charge in [0.2, 0.25) is 5.91 Å². The number of imidazole rings is 1. The average molecular weight is 524 g/mol. The second kappa shape index (κ2) is 9.07. The highest BCUT2D eigenvalue weighted by Gasteiger charge is 2.28. The number of nitrogens with zero attached hydrogens (tertiary/aromatic N) is 3. The predicted octanol–water partition coefficient (Wildman–Crippen LogP) is 4.93. The highest BCUT2D eigenvalue weighted by Crippen LogP contribution is 2.36. The zero-order valence-electron chi connectivity index (χ0n) is 17.7. The van der Waals surface area contributed by atoms with Gasteiger partial charge in [0.05, 0.1) is 19.7 Å². The molecule has 7 nitrogen and oxygen atoms in total. The highest BCUT2D eigenvalue weighted by atomic mass is 79.9. The fraction of sp³-hybridized carbons (Fsp3) is 0.250. The number of pyridine rings is 1. The van der Waals surface area contributed by atoms with Gasteiger partial charge in [0.15, 0.2) is 0 Å². The van der Waals surface area contributed by atoms with E-state index in [2.05, 4.69) is 30.8 Å². The van der Waals surface area contributed by atoms with Crippen LogP contribution >= 0.6 is 27.3 Å². The summed E-state index contributed by atoms with van der Waals surface area (Å²) in [5.41, 5.74) is 8.49. The van der Waals surface area contributed by atoms with E-state index in [9.17, 15) is 9.59 Å². The van der Waals surface area contributed by atoms with Crippen molar-refractivity contribution in [2.45, 2.75) is 37.8 Å². The van der Waals surface area contributed by atoms with E-state index in [0.29, 0.717) is 10.4 Å². The van der Waals surface area contributed by atoms with Crippen LogP contribution in [0.5, 0.6) is 0 Å². The minimum absolute atomic E-state index is 0.0366. The van der Waals surface area contributed by atoms with Crippen molar-refractivity contribution in [2.24, 2.45) is 5.73 Å². The molecule has 0 radical (unpaired) electrons. The number of nitrogens with one attached hydrogen (secondary N) is 1. The minimum Gasteiger partial charge on any atom is -0.366 e. The molecule has 1 saturated carbocycles. The molecule has 0 unspecified atom stereocenters. The number of halogens is 1. The van der Waals surface area contributed by atoms with Gasteiger partial charge in [-0.2, -0.15) is 0 Å². The van der Waals surface area contributed by atoms with Crippen LogP contribution in [0.4, 0.5) is 0 Å². The number of fused-ring (bicyclic) bond motifs is 1. The molecule has 1 aliphatic rings. The van der Waals surface area contributed by atoms with E-state index in [1.54, 1.807) is 24.5 Å². The lowest BCUT2D eigenvalue weighted by Crippen LogP contribution is -2.38. The second-order valence-electron chi connectivity index (χ2n) is 8.21. The van der Waals surface area contributed by atoms with Gasteiger partial charge in [0, 0.05) is 35.6 Å². The molecule has 3 N–H and O–H groups in total. The summed E-state index contributed by atoms with van der Waals surface area (Å²) in [6.45, 7) is 0. The zero-order chi connectivity index (χ0) is 22.9. The molecular formula is C24H22BrN5O2S. The van der Waals surface area contributed by atoms with Gasteiger partial charge in [-0.05, 0) is 84.1 Å². The lowest BCUT2D eigenvalue weighted by molar-refractivity contribution is 0.0924. The first-order chi connectivity index (χ1) is 16.0. The first kappa shape index (κ1) is 21.8. The molecule has 1 aliphatic carbocycles. The van der Waals surface area contributed by atoms with E-state index in [0.717, 1.165) is 51.9 Å². The first-order valence-electron chi connectivity index (χ1n) is 10.8. The fourth-order valence-corrected chi connectivity index (χ4v) is 5.83. The maximum atomic E-state index is 12.7. The van der Waals surface area contributed by atoms with Gasteiger partial charge < -0.3 is 15.6 Å². The quantitative estimate of drug-likeness (QED) is 0.386. The third kappa shape index (κ3) is 4.43. The van der Waals surface area contributed by atoms with Crippen LogP contribution in [0, 0.1) is 0 Å². The predicted molar refractivity (Wildman–Crippen MR) is 132 cm³/mol. The fourth-order valence-electron chi connectivity index (χ4n) is 4.54. The summed E-state index contributed by atoms with van der Waals surface area (Å²) < 4.78 is 3.17. The largest absolute Gasteiger partial charge is 0.366 e. The summed E-state index contributed by atoms with van der Waals surface area (Å²) in [5, 5.41) is 3.22. The monoisotopic (exact) mass is 523 g/mol. The van der Waals surface area contributed by atoms with Crippen LogP contribution in [0.1, 0.15) is 51.8 Å². The minimum atomic E-state index is -0.477. The van der Waals surface area contributed by atoms with E-state index in [1.807, 2.05) is 30.3 Å². The van der Waals surface area contributed by atoms with Crippen molar-refractivity contribution in [1.29, 1.82) is 0 Å². The summed E-state index contributed by atoms with van der Waals surface area (Å²) >= 11 is 4.86. The number of benzene rings is 1. The molecule has 1 aromatic carbocycles. The van der Waals surface area contributed by atoms with Gasteiger partial charge >= 0.3 is 0 Å². The van der Waals surface area contributed by atoms with Crippen molar-refractivity contribution < 1.29 is 9.59 Å². The van der Waals surface area contributed by atoms with Crippen molar-refractivity contribution in [3.63, 3.8) is 0 Å². The maximum absolute atomic E-state index is 12.7. The Balaban J connectivity index is 1.49. The van der Waals surface area contributed by atoms with Crippen molar-refractivity contribution in [1.82, 2.24) is 19.9 Å². The second-order valence-corrected chi connectivity index (χ2v) is 10.7. The molecular weight excluding hydrogens is 502 g/mol. The molecule has 5 rings (SSSR count). The topological polar surface area (TPSA) is 103 Å². The number of carbonyl (C=O) groups is 2. The van der Waals surface area contributed by atoms with Gasteiger partial charge in [0.1, 0.15) is 5.82 Å². The third-order valence-electron chi connectivity index (χ3n) is 6.04. The SMILES string of the molecule is NC(=O)c1ccc2c(c1)nc(-c1cccnc1)n2[C@H]1CCC[C@@H](NC(=O)c2ccc(Br)s2)C1. The number of rotatable bonds is 5. The van der Waals surface area contributed by atoms with Crippen molar-refractivity contribution in [3.05, 3.63) is 69.1 Å². The van der Waals surface area contributed by atoms with Crippen molar-refractivity contribution in [2.75, 3.05) is 0 Å². The summed E-state index contributed by atoms with van der Waals surface area (Å²) in [7, 11) is 0. The lowest BCUT2D eigenvalue weighted by Gasteiger charge is -2.32. The van der Waals surface area contributed by atoms with Crippen LogP contribution in [-0.2, 0) is 0 Å². The van der Waals surface area contributed by atoms with Gasteiger partial charge in [-0.1, -0.05) is 0 Å². The molecule has 168 valence electrons. The number of nitrogens with two attached hydrogens (primary N) is 1. The number of thiophene rings is 1. The standard InChI is InChI=1S/C24H22BrN5O2S/c25-21-9-8-20(33-21)24(32)28-16-4-1-5-17(12-16)30-19-7-6-14(22(26)31)11-18(19)29-23(30)15-3-2-10-27-13-15/h2-3,6-11,13,16-17H,1,4-5,12H2,(H2,26,31)(H,28,32)/t16-,17+/m1/s1. The summed E-state index contributed by atoms with van der Waals surface area (Å²) in [6, 6.07) is 13.2. The van der Waals surface area contributed by atoms with Crippen LogP contribution in [0.2, 0.25) is 0 Å². The molecule has 2 atom stereocenters. The molecule has 2 amide bonds. The molecule has 0 aliphatic heterocycles. The highest BCUT2D eigenvalue weighted by molar-refractivity contribution is 9.11. The van der Waals surface area contributed by atoms with Crippen molar-refractivity contribution in [3.8, 4) is 11.4 Å². The van der Waals surface area contributed by atoms with E-state index >= 15 is 0 Å². The Morgan fingerprint density at radius 2 is 2.06 bits per heavy atom. The van der Waals surface area contributed by atoms with E-state index in [-0.39, 0.29) is 18.0 Å². The smallest absolute Gasteiger partial charge is 0.261 e. The number of hydrogen-bond acceptors (Lipinski definition) is 5. The molecule has 0 saturated heterocycles. The Labute approximate surface area is 203 Å². The van der Waals surface area contributed by atoms with Gasteiger partial charge in [0.25, 0.3) is 5.91 Å². The Morgan fingerprint density at radius 3 is 2.79 bits per heavy atom. The molecule has 3 aromatic heterocycles. The number of primary amides is 1. The van der Waals surface area contributed by atoms with Gasteiger partial charge in [-0.25, -0.2) is 4.98 Å². The van der Waals surface area contributed by atoms with E-state index in [1.165, 1.54) is 11.3 Å². The Bertz CT molecular complexity index is 1330. The normalized spacial score (nSPS) is 18.3. The van der Waals surface area contributed by atoms with Crippen LogP contribution in [-0.4, -0.2) is 32.4 Å². The van der Waals surface area contributed by atoms with Crippen molar-refractivity contribution >= 4 is 50.1 Å². The molecule has 1 fully saturated rings. The lowest BCUT2D eigenvalue weighted by atomic mass is 9.90. The number of hydrogen-bond donors (Lipinski definition) is 2. The molecule has 0 bridgehead atoms. The molecule has 3 heterocycles. The van der Waals surface area contributed by atoms with Gasteiger partial charge in [-0.15, -0.1) is 11.3 Å². The first-order valence-corrected chi connectivity index (χ1v) is 12.4. The van der Waals surface area contributed by atoms with Crippen LogP contribution in [0.3, 0.4) is 0 Å². The van der Waals surface area contributed by atoms with Crippen LogP contribution in [0.15, 0.2) is 58.6 Å². The zero-order valence-corrected chi connectivity index (χ0v) is 20.1. The third-order valence-corrected chi connectivity index (χ3v) is 7.66. The Morgan fingerprint density at radius 1 is 1.18 bits per heavy atom. The van der Waals surface area contributed by atoms with E-state index in [4.69, 9.17) is 10.7 Å². The number of aromatic nitrogens is 3. The maximum Gasteiger partial charge on any atom is 0.261 e. The molecule has 33 heavy (non-hydrogen) atoms. The van der Waals surface area contributed by atoms with Crippen LogP contribution < -0.4 is 11.1 Å². The molecule has 4 aromatic rings. The summed E-state index contributed by atoms with van der Waals surface area (Å²) in [4.78, 5) is 34.3. The Hall–Kier alpha value is -3.04. The van der Waals surface area contributed by atoms with Gasteiger partial charge in [-0.3, -0.25) is 14.6 Å². The summed E-state index contributed by atoms with van der Waals surface area (Å²) in [6.07, 6.45) is 7.24. The van der Waals surface area contributed by atoms with Crippen LogP contribution in [0.25, 0.3) is 22.4 Å². The van der Waals surface area contributed by atoms with E-state index < -0.39 is 5.91 Å². The number of carbonyl (C=O) groups excluding carboxylic acids is 2. The molecule has 9 heteroatoms. The summed E-state index contributed by atoms with van der Waals surface area (Å²) in [5.74, 6) is 0.291. The molecule has 0 spiro atoms.